The molecule has 2 N–H and O–H groups in total. The second-order valence-corrected chi connectivity index (χ2v) is 19.9. The van der Waals surface area contributed by atoms with Crippen LogP contribution in [0.25, 0.3) is 10.4 Å². The molecule has 2 fully saturated rings. The van der Waals surface area contributed by atoms with Gasteiger partial charge in [0.05, 0.1) is 52.2 Å². The van der Waals surface area contributed by atoms with Crippen molar-refractivity contribution in [3.8, 4) is 28.0 Å². The molecule has 0 saturated carbocycles. The van der Waals surface area contributed by atoms with Gasteiger partial charge in [0.2, 0.25) is 11.8 Å². The second kappa shape index (κ2) is 21.6. The monoisotopic (exact) mass is 1010 g/mol. The van der Waals surface area contributed by atoms with Gasteiger partial charge in [-0.05, 0) is 123 Å². The maximum Gasteiger partial charge on any atom is 0.417 e. The molecule has 1 unspecified atom stereocenters. The number of rotatable bonds is 17. The van der Waals surface area contributed by atoms with Crippen molar-refractivity contribution in [1.82, 2.24) is 20.5 Å². The lowest BCUT2D eigenvalue weighted by atomic mass is 9.85. The molecule has 1 aromatic heterocycles. The summed E-state index contributed by atoms with van der Waals surface area (Å²) >= 11 is 7.21. The van der Waals surface area contributed by atoms with E-state index < -0.39 is 52.2 Å². The molecule has 2 aliphatic heterocycles. The number of carbonyl (C=O) groups excluding carboxylic acids is 4. The number of anilines is 2. The van der Waals surface area contributed by atoms with Crippen molar-refractivity contribution in [1.29, 1.82) is 5.26 Å². The van der Waals surface area contributed by atoms with Crippen molar-refractivity contribution in [2.24, 2.45) is 5.41 Å². The summed E-state index contributed by atoms with van der Waals surface area (Å²) in [4.78, 5) is 64.5. The van der Waals surface area contributed by atoms with Crippen LogP contribution in [0.1, 0.15) is 80.2 Å². The highest BCUT2D eigenvalue weighted by molar-refractivity contribution is 7.81. The number of hydrogen-bond acceptors (Lipinski definition) is 11. The number of aryl methyl sites for hydroxylation is 1. The molecule has 4 aromatic carbocycles. The van der Waals surface area contributed by atoms with E-state index in [-0.39, 0.29) is 49.0 Å². The number of nitrogens with one attached hydrogen (secondary N) is 2. The van der Waals surface area contributed by atoms with Crippen LogP contribution in [0.5, 0.6) is 11.5 Å². The first-order valence-corrected chi connectivity index (χ1v) is 24.2. The largest absolute Gasteiger partial charge is 0.491 e. The Labute approximate surface area is 419 Å². The van der Waals surface area contributed by atoms with E-state index in [4.69, 9.17) is 26.4 Å². The normalized spacial score (nSPS) is 16.2. The van der Waals surface area contributed by atoms with E-state index in [9.17, 15) is 37.6 Å². The molecule has 2 aliphatic rings. The number of likely N-dealkylation sites (tertiary alicyclic amines) is 1. The zero-order valence-corrected chi connectivity index (χ0v) is 41.7. The molecular weight excluding hydrogens is 956 g/mol. The van der Waals surface area contributed by atoms with E-state index in [1.165, 1.54) is 6.07 Å². The standard InChI is InChI=1S/C52H54F3N7O7S2/c1-32-43(71-31-58-32)34-14-12-33(13-15-34)30-57-46(64)42-11-8-22-60(42)47(65)44(50(2,3)4)59-45(63)35-9-7-10-40(27-35)69-26-24-67-23-25-68-39-20-18-37(19-21-39)62-49(70)61(48(66)51(62,5)6)38-17-16-36(29-56)41(28-38)52(53,54)55/h7,9-10,12-21,27-28,31,42,44H,8,11,22-26,30H2,1-6H3,(H,57,64)(H,59,63)/t42-,44?/m0/s1. The number of halogens is 3. The summed E-state index contributed by atoms with van der Waals surface area (Å²) < 4.78 is 58.6. The Kier molecular flexibility index (Phi) is 15.8. The van der Waals surface area contributed by atoms with Gasteiger partial charge < -0.3 is 34.6 Å². The number of nitrogens with zero attached hydrogens (tertiary/aromatic N) is 5. The Bertz CT molecular complexity index is 2820. The number of thiazole rings is 1. The molecule has 0 aliphatic carbocycles. The van der Waals surface area contributed by atoms with Crippen LogP contribution in [0.15, 0.2) is 96.5 Å². The highest BCUT2D eigenvalue weighted by Crippen LogP contribution is 2.40. The minimum atomic E-state index is -4.81. The van der Waals surface area contributed by atoms with Gasteiger partial charge in [-0.25, -0.2) is 4.98 Å². The average molecular weight is 1010 g/mol. The molecule has 14 nitrogen and oxygen atoms in total. The van der Waals surface area contributed by atoms with Crippen LogP contribution in [0.4, 0.5) is 24.5 Å². The van der Waals surface area contributed by atoms with Crippen LogP contribution in [0.2, 0.25) is 0 Å². The quantitative estimate of drug-likeness (QED) is 0.0675. The summed E-state index contributed by atoms with van der Waals surface area (Å²) in [6.07, 6.45) is -3.63. The van der Waals surface area contributed by atoms with Crippen LogP contribution in [-0.4, -0.2) is 89.2 Å². The van der Waals surface area contributed by atoms with Crippen molar-refractivity contribution in [2.75, 3.05) is 42.8 Å². The highest BCUT2D eigenvalue weighted by atomic mass is 32.1. The molecule has 2 atom stereocenters. The number of carbonyl (C=O) groups is 4. The maximum atomic E-state index is 14.2. The number of thiocarbonyl (C=S) groups is 1. The van der Waals surface area contributed by atoms with Crippen LogP contribution in [0.3, 0.4) is 0 Å². The average Bonchev–Trinajstić information content (AvgIpc) is 4.05. The zero-order chi connectivity index (χ0) is 51.3. The van der Waals surface area contributed by atoms with E-state index in [1.807, 2.05) is 57.5 Å². The number of nitriles is 1. The van der Waals surface area contributed by atoms with Crippen LogP contribution in [0, 0.1) is 23.7 Å². The number of alkyl halides is 3. The predicted molar refractivity (Wildman–Crippen MR) is 267 cm³/mol. The first-order chi connectivity index (χ1) is 33.7. The number of ether oxygens (including phenoxy) is 3. The second-order valence-electron chi connectivity index (χ2n) is 18.6. The fourth-order valence-electron chi connectivity index (χ4n) is 8.41. The summed E-state index contributed by atoms with van der Waals surface area (Å²) in [7, 11) is 0. The zero-order valence-electron chi connectivity index (χ0n) is 40.1. The van der Waals surface area contributed by atoms with E-state index in [1.54, 1.807) is 89.6 Å². The van der Waals surface area contributed by atoms with E-state index in [2.05, 4.69) is 15.6 Å². The lowest BCUT2D eigenvalue weighted by molar-refractivity contribution is -0.141. The van der Waals surface area contributed by atoms with Crippen LogP contribution < -0.4 is 29.9 Å². The third-order valence-electron chi connectivity index (χ3n) is 12.2. The molecule has 19 heteroatoms. The molecule has 71 heavy (non-hydrogen) atoms. The van der Waals surface area contributed by atoms with Crippen molar-refractivity contribution in [2.45, 2.75) is 84.7 Å². The number of aromatic nitrogens is 1. The lowest BCUT2D eigenvalue weighted by Gasteiger charge is -2.35. The molecule has 372 valence electrons. The Morgan fingerprint density at radius 3 is 2.24 bits per heavy atom. The summed E-state index contributed by atoms with van der Waals surface area (Å²) in [6.45, 7) is 12.3. The van der Waals surface area contributed by atoms with Gasteiger partial charge in [0.15, 0.2) is 5.11 Å². The van der Waals surface area contributed by atoms with Gasteiger partial charge >= 0.3 is 6.18 Å². The first-order valence-electron chi connectivity index (χ1n) is 22.9. The molecule has 5 aromatic rings. The first kappa shape index (κ1) is 52.0. The van der Waals surface area contributed by atoms with E-state index in [0.29, 0.717) is 48.7 Å². The van der Waals surface area contributed by atoms with Crippen molar-refractivity contribution in [3.63, 3.8) is 0 Å². The predicted octanol–water partition coefficient (Wildman–Crippen LogP) is 8.85. The fraction of sp³-hybridized carbons (Fsp3) is 0.365. The summed E-state index contributed by atoms with van der Waals surface area (Å²) in [5.41, 5.74) is 1.83. The van der Waals surface area contributed by atoms with Crippen LogP contribution >= 0.6 is 23.6 Å². The van der Waals surface area contributed by atoms with Crippen molar-refractivity contribution < 1.29 is 46.6 Å². The van der Waals surface area contributed by atoms with E-state index >= 15 is 0 Å². The lowest BCUT2D eigenvalue weighted by Crippen LogP contribution is -2.57. The third-order valence-corrected chi connectivity index (χ3v) is 13.5. The molecule has 3 heterocycles. The number of hydrogen-bond donors (Lipinski definition) is 2. The Morgan fingerprint density at radius 1 is 0.930 bits per heavy atom. The Morgan fingerprint density at radius 2 is 1.61 bits per heavy atom. The molecule has 0 bridgehead atoms. The van der Waals surface area contributed by atoms with Gasteiger partial charge in [-0.15, -0.1) is 11.3 Å². The third kappa shape index (κ3) is 11.8. The Hall–Kier alpha value is -6.88. The maximum absolute atomic E-state index is 14.2. The molecular formula is C52H54F3N7O7S2. The molecule has 4 amide bonds. The van der Waals surface area contributed by atoms with Gasteiger partial charge in [0.25, 0.3) is 11.8 Å². The minimum absolute atomic E-state index is 0.0226. The molecule has 0 radical (unpaired) electrons. The fourth-order valence-corrected chi connectivity index (χ4v) is 9.74. The highest BCUT2D eigenvalue weighted by Gasteiger charge is 2.51. The van der Waals surface area contributed by atoms with Gasteiger partial charge in [0.1, 0.15) is 42.3 Å². The van der Waals surface area contributed by atoms with Crippen LogP contribution in [-0.2, 0) is 31.8 Å². The summed E-state index contributed by atoms with van der Waals surface area (Å²) in [5.74, 6) is -0.643. The Balaban J connectivity index is 0.855. The smallest absolute Gasteiger partial charge is 0.417 e. The molecule has 2 saturated heterocycles. The number of benzene rings is 4. The topological polar surface area (TPSA) is 166 Å². The van der Waals surface area contributed by atoms with Gasteiger partial charge in [0, 0.05) is 24.3 Å². The molecule has 7 rings (SSSR count). The summed E-state index contributed by atoms with van der Waals surface area (Å²) in [6, 6.07) is 24.3. The van der Waals surface area contributed by atoms with Gasteiger partial charge in [-0.3, -0.25) is 24.1 Å². The van der Waals surface area contributed by atoms with Gasteiger partial charge in [-0.1, -0.05) is 51.1 Å². The molecule has 0 spiro atoms. The van der Waals surface area contributed by atoms with Gasteiger partial charge in [-0.2, -0.15) is 18.4 Å². The number of amides is 4. The minimum Gasteiger partial charge on any atom is -0.491 e. The summed E-state index contributed by atoms with van der Waals surface area (Å²) in [5, 5.41) is 15.1. The van der Waals surface area contributed by atoms with E-state index in [0.717, 1.165) is 38.7 Å². The van der Waals surface area contributed by atoms with Crippen molar-refractivity contribution >= 4 is 63.7 Å². The van der Waals surface area contributed by atoms with Crippen molar-refractivity contribution in [3.05, 3.63) is 124 Å². The SMILES string of the molecule is Cc1ncsc1-c1ccc(CNC(=O)[C@@H]2CCCN2C(=O)C(NC(=O)c2cccc(OCCOCCOc3ccc(N4C(=S)N(c5ccc(C#N)c(C(F)(F)F)c5)C(=O)C4(C)C)cc3)c2)C(C)(C)C)cc1.